The summed E-state index contributed by atoms with van der Waals surface area (Å²) < 4.78 is 0. The zero-order valence-corrected chi connectivity index (χ0v) is 6.87. The largest absolute Gasteiger partial charge is 0.394 e. The van der Waals surface area contributed by atoms with Crippen LogP contribution in [0.2, 0.25) is 0 Å². The zero-order valence-electron chi connectivity index (χ0n) is 6.87. The second-order valence-corrected chi connectivity index (χ2v) is 2.80. The van der Waals surface area contributed by atoms with Gasteiger partial charge < -0.3 is 31.9 Å². The molecule has 3 atom stereocenters. The van der Waals surface area contributed by atoms with Crippen LogP contribution in [0.25, 0.3) is 0 Å². The summed E-state index contributed by atoms with van der Waals surface area (Å²) in [6.45, 7) is -0.771. The molecule has 7 heteroatoms. The Hall–Kier alpha value is -0.570. The highest BCUT2D eigenvalue weighted by atomic mass is 16.4. The van der Waals surface area contributed by atoms with E-state index in [9.17, 15) is 4.79 Å². The molecule has 0 rings (SSSR count). The van der Waals surface area contributed by atoms with Crippen LogP contribution < -0.4 is 11.5 Å². The summed E-state index contributed by atoms with van der Waals surface area (Å²) in [7, 11) is 0. The number of aliphatic hydroxyl groups excluding tert-OH is 4. The average molecular weight is 194 g/mol. The van der Waals surface area contributed by atoms with E-state index in [0.29, 0.717) is 0 Å². The quantitative estimate of drug-likeness (QED) is 0.192. The van der Waals surface area contributed by atoms with E-state index < -0.39 is 30.6 Å². The zero-order chi connectivity index (χ0) is 10.6. The van der Waals surface area contributed by atoms with Crippen molar-refractivity contribution in [1.82, 2.24) is 0 Å². The lowest BCUT2D eigenvalue weighted by atomic mass is 9.98. The Labute approximate surface area is 74.6 Å². The van der Waals surface area contributed by atoms with E-state index in [1.165, 1.54) is 0 Å². The van der Waals surface area contributed by atoms with E-state index in [-0.39, 0.29) is 6.29 Å². The molecule has 0 radical (unpaired) electrons. The van der Waals surface area contributed by atoms with Crippen LogP contribution in [0.15, 0.2) is 0 Å². The van der Waals surface area contributed by atoms with Gasteiger partial charge in [0.25, 0.3) is 0 Å². The van der Waals surface area contributed by atoms with E-state index in [2.05, 4.69) is 0 Å². The lowest BCUT2D eigenvalue weighted by Crippen LogP contribution is -2.65. The lowest BCUT2D eigenvalue weighted by Gasteiger charge is -2.30. The highest BCUT2D eigenvalue weighted by molar-refractivity contribution is 5.63. The van der Waals surface area contributed by atoms with Gasteiger partial charge in [-0.2, -0.15) is 0 Å². The smallest absolute Gasteiger partial charge is 0.157 e. The predicted molar refractivity (Wildman–Crippen MR) is 42.3 cm³/mol. The van der Waals surface area contributed by atoms with Crippen molar-refractivity contribution in [3.63, 3.8) is 0 Å². The molecule has 0 saturated heterocycles. The van der Waals surface area contributed by atoms with Gasteiger partial charge in [-0.3, -0.25) is 4.79 Å². The third-order valence-electron chi connectivity index (χ3n) is 1.62. The number of carbonyl (C=O) groups is 1. The van der Waals surface area contributed by atoms with E-state index in [0.717, 1.165) is 0 Å². The van der Waals surface area contributed by atoms with Crippen molar-refractivity contribution >= 4 is 6.29 Å². The molecule has 0 aromatic heterocycles. The molecule has 0 amide bonds. The van der Waals surface area contributed by atoms with Gasteiger partial charge in [-0.15, -0.1) is 0 Å². The van der Waals surface area contributed by atoms with Gasteiger partial charge in [0.2, 0.25) is 0 Å². The maximum absolute atomic E-state index is 10.2. The van der Waals surface area contributed by atoms with Crippen molar-refractivity contribution in [2.24, 2.45) is 11.5 Å². The maximum atomic E-state index is 10.2. The van der Waals surface area contributed by atoms with E-state index in [1.807, 2.05) is 0 Å². The van der Waals surface area contributed by atoms with Gasteiger partial charge in [-0.05, 0) is 0 Å². The van der Waals surface area contributed by atoms with Crippen LogP contribution in [0.3, 0.4) is 0 Å². The topological polar surface area (TPSA) is 150 Å². The van der Waals surface area contributed by atoms with E-state index in [4.69, 9.17) is 31.9 Å². The fourth-order valence-corrected chi connectivity index (χ4v) is 0.684. The molecule has 0 bridgehead atoms. The van der Waals surface area contributed by atoms with Gasteiger partial charge in [-0.25, -0.2) is 0 Å². The van der Waals surface area contributed by atoms with Crippen molar-refractivity contribution < 1.29 is 25.2 Å². The minimum atomic E-state index is -2.14. The minimum Gasteiger partial charge on any atom is -0.394 e. The third kappa shape index (κ3) is 2.99. The standard InChI is InChI=1S/C6H14N2O5/c7-6(8,2-10)5(13)4(12)3(11)1-9/h2-5,9,11-13H,1,7-8H2/t3-,4+,5+/m1/s1. The number of hydrogen-bond donors (Lipinski definition) is 6. The molecule has 78 valence electrons. The number of aldehydes is 1. The molecule has 8 N–H and O–H groups in total. The van der Waals surface area contributed by atoms with Crippen LogP contribution >= 0.6 is 0 Å². The number of rotatable bonds is 5. The van der Waals surface area contributed by atoms with Crippen LogP contribution in [0.1, 0.15) is 0 Å². The maximum Gasteiger partial charge on any atom is 0.157 e. The highest BCUT2D eigenvalue weighted by Crippen LogP contribution is 2.06. The molecular formula is C6H14N2O5. The van der Waals surface area contributed by atoms with Gasteiger partial charge >= 0.3 is 0 Å². The average Bonchev–Trinajstić information content (AvgIpc) is 2.14. The number of nitrogens with two attached hydrogens (primary N) is 2. The number of carbonyl (C=O) groups excluding carboxylic acids is 1. The fourth-order valence-electron chi connectivity index (χ4n) is 0.684. The van der Waals surface area contributed by atoms with Crippen molar-refractivity contribution in [3.8, 4) is 0 Å². The molecule has 7 nitrogen and oxygen atoms in total. The fraction of sp³-hybridized carbons (Fsp3) is 0.833. The Morgan fingerprint density at radius 2 is 1.77 bits per heavy atom. The summed E-state index contributed by atoms with van der Waals surface area (Å²) >= 11 is 0. The van der Waals surface area contributed by atoms with E-state index in [1.54, 1.807) is 0 Å². The molecule has 13 heavy (non-hydrogen) atoms. The van der Waals surface area contributed by atoms with Crippen LogP contribution in [-0.4, -0.2) is 57.3 Å². The Bertz CT molecular complexity index is 174. The van der Waals surface area contributed by atoms with Gasteiger partial charge in [-0.1, -0.05) is 0 Å². The first-order valence-corrected chi connectivity index (χ1v) is 3.56. The van der Waals surface area contributed by atoms with Crippen molar-refractivity contribution in [2.45, 2.75) is 24.0 Å². The summed E-state index contributed by atoms with van der Waals surface area (Å²) in [5.74, 6) is 0. The van der Waals surface area contributed by atoms with Gasteiger partial charge in [0.15, 0.2) is 11.9 Å². The summed E-state index contributed by atoms with van der Waals surface area (Å²) in [5, 5.41) is 35.5. The first-order chi connectivity index (χ1) is 5.86. The minimum absolute atomic E-state index is 0.0466. The normalized spacial score (nSPS) is 19.2. The summed E-state index contributed by atoms with van der Waals surface area (Å²) in [6, 6.07) is 0. The number of aliphatic hydroxyl groups is 4. The molecular weight excluding hydrogens is 180 g/mol. The first kappa shape index (κ1) is 12.4. The molecule has 0 unspecified atom stereocenters. The summed E-state index contributed by atoms with van der Waals surface area (Å²) in [4.78, 5) is 10.2. The molecule has 0 aromatic carbocycles. The number of hydrogen-bond acceptors (Lipinski definition) is 7. The molecule has 0 heterocycles. The SMILES string of the molecule is NC(N)(C=O)[C@@H](O)[C@@H](O)[C@H](O)CO. The van der Waals surface area contributed by atoms with Crippen LogP contribution in [0.4, 0.5) is 0 Å². The Kier molecular flexibility index (Phi) is 4.40. The predicted octanol–water partition coefficient (Wildman–Crippen LogP) is -4.13. The third-order valence-corrected chi connectivity index (χ3v) is 1.62. The van der Waals surface area contributed by atoms with Crippen LogP contribution in [-0.2, 0) is 4.79 Å². The highest BCUT2D eigenvalue weighted by Gasteiger charge is 2.37. The van der Waals surface area contributed by atoms with Gasteiger partial charge in [0.1, 0.15) is 18.3 Å². The second kappa shape index (κ2) is 4.61. The molecule has 0 fully saturated rings. The molecule has 0 saturated carbocycles. The van der Waals surface area contributed by atoms with Crippen molar-refractivity contribution in [1.29, 1.82) is 0 Å². The van der Waals surface area contributed by atoms with E-state index >= 15 is 0 Å². The van der Waals surface area contributed by atoms with Crippen molar-refractivity contribution in [2.75, 3.05) is 6.61 Å². The molecule has 0 aromatic rings. The Morgan fingerprint density at radius 1 is 1.31 bits per heavy atom. The molecule has 0 aliphatic heterocycles. The molecule has 0 aliphatic carbocycles. The van der Waals surface area contributed by atoms with Gasteiger partial charge in [0.05, 0.1) is 6.61 Å². The van der Waals surface area contributed by atoms with Gasteiger partial charge in [0, 0.05) is 0 Å². The van der Waals surface area contributed by atoms with Crippen LogP contribution in [0, 0.1) is 0 Å². The monoisotopic (exact) mass is 194 g/mol. The molecule has 0 spiro atoms. The van der Waals surface area contributed by atoms with Crippen molar-refractivity contribution in [3.05, 3.63) is 0 Å². The second-order valence-electron chi connectivity index (χ2n) is 2.80. The summed E-state index contributed by atoms with van der Waals surface area (Å²) in [6.07, 6.45) is -5.16. The Balaban J connectivity index is 4.40. The molecule has 0 aliphatic rings. The van der Waals surface area contributed by atoms with Crippen LogP contribution in [0.5, 0.6) is 0 Å². The summed E-state index contributed by atoms with van der Waals surface area (Å²) in [5.41, 5.74) is 7.98. The Morgan fingerprint density at radius 3 is 2.08 bits per heavy atom. The lowest BCUT2D eigenvalue weighted by molar-refractivity contribution is -0.128. The first-order valence-electron chi connectivity index (χ1n) is 3.56.